The van der Waals surface area contributed by atoms with Crippen LogP contribution in [0.5, 0.6) is 0 Å². The number of halogens is 1. The highest BCUT2D eigenvalue weighted by Crippen LogP contribution is 2.31. The number of hydrogen-bond acceptors (Lipinski definition) is 0. The Morgan fingerprint density at radius 1 is 1.43 bits per heavy atom. The van der Waals surface area contributed by atoms with Gasteiger partial charge in [0.15, 0.2) is 0 Å². The molecule has 0 saturated heterocycles. The number of hydrogen-bond donors (Lipinski definition) is 0. The largest absolute Gasteiger partial charge is 0.0880 e. The number of alkyl halides is 1. The Hall–Kier alpha value is 0.220. The third-order valence-electron chi connectivity index (χ3n) is 3.32. The highest BCUT2D eigenvalue weighted by Gasteiger charge is 2.17. The second kappa shape index (κ2) is 5.95. The van der Waals surface area contributed by atoms with Crippen LogP contribution in [-0.2, 0) is 0 Å². The summed E-state index contributed by atoms with van der Waals surface area (Å²) in [5, 5.41) is 1.05. The molecular weight excluding hydrogens is 236 g/mol. The Morgan fingerprint density at radius 3 is 2.64 bits per heavy atom. The van der Waals surface area contributed by atoms with Crippen LogP contribution < -0.4 is 0 Å². The summed E-state index contributed by atoms with van der Waals surface area (Å²) in [5.74, 6) is 2.49. The van der Waals surface area contributed by atoms with Gasteiger partial charge >= 0.3 is 0 Å². The molecule has 1 heteroatoms. The molecule has 0 aromatic rings. The molecule has 0 aliphatic heterocycles. The summed E-state index contributed by atoms with van der Waals surface area (Å²) in [6.45, 7) is 6.97. The normalized spacial score (nSPS) is 29.6. The van der Waals surface area contributed by atoms with Crippen LogP contribution in [0.2, 0.25) is 0 Å². The summed E-state index contributed by atoms with van der Waals surface area (Å²) in [7, 11) is 0. The molecule has 1 aliphatic carbocycles. The van der Waals surface area contributed by atoms with Gasteiger partial charge in [0.1, 0.15) is 0 Å². The lowest BCUT2D eigenvalue weighted by molar-refractivity contribution is 0.323. The molecule has 1 saturated carbocycles. The van der Waals surface area contributed by atoms with E-state index in [1.165, 1.54) is 25.7 Å². The van der Waals surface area contributed by atoms with E-state index in [2.05, 4.69) is 42.8 Å². The van der Waals surface area contributed by atoms with Crippen molar-refractivity contribution >= 4 is 15.9 Å². The van der Waals surface area contributed by atoms with E-state index in [9.17, 15) is 0 Å². The van der Waals surface area contributed by atoms with Crippen molar-refractivity contribution in [3.05, 3.63) is 11.6 Å². The lowest BCUT2D eigenvalue weighted by Gasteiger charge is -2.25. The SMILES string of the molecule is CC1CCCC(C=C(CBr)C(C)C)C1. The van der Waals surface area contributed by atoms with Gasteiger partial charge < -0.3 is 0 Å². The monoisotopic (exact) mass is 258 g/mol. The Bertz CT molecular complexity index is 193. The third-order valence-corrected chi connectivity index (χ3v) is 3.97. The van der Waals surface area contributed by atoms with Crippen molar-refractivity contribution in [2.24, 2.45) is 17.8 Å². The van der Waals surface area contributed by atoms with Crippen molar-refractivity contribution in [1.29, 1.82) is 0 Å². The minimum atomic E-state index is 0.701. The van der Waals surface area contributed by atoms with E-state index in [4.69, 9.17) is 0 Å². The van der Waals surface area contributed by atoms with Gasteiger partial charge in [0.2, 0.25) is 0 Å². The van der Waals surface area contributed by atoms with Gasteiger partial charge in [0, 0.05) is 5.33 Å². The summed E-state index contributed by atoms with van der Waals surface area (Å²) >= 11 is 3.59. The molecule has 82 valence electrons. The predicted octanol–water partition coefficient (Wildman–Crippen LogP) is 4.79. The molecule has 2 atom stereocenters. The number of allylic oxidation sites excluding steroid dienone is 2. The zero-order chi connectivity index (χ0) is 10.6. The first-order valence-corrected chi connectivity index (χ1v) is 7.02. The van der Waals surface area contributed by atoms with Crippen molar-refractivity contribution < 1.29 is 0 Å². The standard InChI is InChI=1S/C13H23Br/c1-10(2)13(9-14)8-12-6-4-5-11(3)7-12/h8,10-12H,4-7,9H2,1-3H3. The fourth-order valence-corrected chi connectivity index (χ4v) is 3.16. The Morgan fingerprint density at radius 2 is 2.14 bits per heavy atom. The van der Waals surface area contributed by atoms with E-state index >= 15 is 0 Å². The second-order valence-electron chi connectivity index (χ2n) is 5.06. The van der Waals surface area contributed by atoms with Crippen molar-refractivity contribution in [2.45, 2.75) is 46.5 Å². The summed E-state index contributed by atoms with van der Waals surface area (Å²) in [4.78, 5) is 0. The average molecular weight is 259 g/mol. The first-order chi connectivity index (χ1) is 6.63. The Balaban J connectivity index is 2.55. The average Bonchev–Trinajstić information content (AvgIpc) is 2.14. The van der Waals surface area contributed by atoms with Crippen LogP contribution in [0.15, 0.2) is 11.6 Å². The maximum absolute atomic E-state index is 3.59. The molecule has 0 heterocycles. The molecule has 1 fully saturated rings. The fourth-order valence-electron chi connectivity index (χ4n) is 2.33. The van der Waals surface area contributed by atoms with Crippen LogP contribution in [0, 0.1) is 17.8 Å². The zero-order valence-corrected chi connectivity index (χ0v) is 11.3. The van der Waals surface area contributed by atoms with Gasteiger partial charge in [-0.05, 0) is 30.6 Å². The molecule has 0 spiro atoms. The quantitative estimate of drug-likeness (QED) is 0.505. The van der Waals surface area contributed by atoms with E-state index in [1.54, 1.807) is 5.57 Å². The molecule has 1 rings (SSSR count). The van der Waals surface area contributed by atoms with Crippen LogP contribution in [0.3, 0.4) is 0 Å². The van der Waals surface area contributed by atoms with Crippen LogP contribution in [0.25, 0.3) is 0 Å². The second-order valence-corrected chi connectivity index (χ2v) is 5.62. The fraction of sp³-hybridized carbons (Fsp3) is 0.846. The van der Waals surface area contributed by atoms with E-state index in [0.29, 0.717) is 5.92 Å². The van der Waals surface area contributed by atoms with Crippen molar-refractivity contribution in [3.8, 4) is 0 Å². The third kappa shape index (κ3) is 3.76. The summed E-state index contributed by atoms with van der Waals surface area (Å²) in [6, 6.07) is 0. The smallest absolute Gasteiger partial charge is 0.0244 e. The summed E-state index contributed by atoms with van der Waals surface area (Å²) in [5.41, 5.74) is 1.59. The van der Waals surface area contributed by atoms with Crippen LogP contribution in [0.1, 0.15) is 46.5 Å². The maximum atomic E-state index is 3.59. The van der Waals surface area contributed by atoms with E-state index in [1.807, 2.05) is 0 Å². The number of rotatable bonds is 3. The van der Waals surface area contributed by atoms with Crippen molar-refractivity contribution in [2.75, 3.05) is 5.33 Å². The highest BCUT2D eigenvalue weighted by molar-refractivity contribution is 9.09. The van der Waals surface area contributed by atoms with Gasteiger partial charge in [-0.15, -0.1) is 0 Å². The van der Waals surface area contributed by atoms with Crippen LogP contribution in [-0.4, -0.2) is 5.33 Å². The molecule has 0 radical (unpaired) electrons. The Kier molecular flexibility index (Phi) is 5.22. The molecule has 0 N–H and O–H groups in total. The van der Waals surface area contributed by atoms with Gasteiger partial charge in [-0.1, -0.05) is 61.2 Å². The first-order valence-electron chi connectivity index (χ1n) is 5.90. The van der Waals surface area contributed by atoms with Gasteiger partial charge in [-0.2, -0.15) is 0 Å². The molecule has 0 bridgehead atoms. The molecule has 0 nitrogen and oxygen atoms in total. The van der Waals surface area contributed by atoms with E-state index in [0.717, 1.165) is 17.2 Å². The summed E-state index contributed by atoms with van der Waals surface area (Å²) < 4.78 is 0. The molecule has 0 aromatic carbocycles. The maximum Gasteiger partial charge on any atom is 0.0244 e. The lowest BCUT2D eigenvalue weighted by atomic mass is 9.81. The molecule has 1 aliphatic rings. The molecular formula is C13H23Br. The van der Waals surface area contributed by atoms with Gasteiger partial charge in [0.05, 0.1) is 0 Å². The minimum Gasteiger partial charge on any atom is -0.0880 e. The Labute approximate surface area is 97.3 Å². The van der Waals surface area contributed by atoms with Crippen LogP contribution >= 0.6 is 15.9 Å². The van der Waals surface area contributed by atoms with Crippen molar-refractivity contribution in [1.82, 2.24) is 0 Å². The first kappa shape index (κ1) is 12.3. The molecule has 0 aromatic heterocycles. The summed E-state index contributed by atoms with van der Waals surface area (Å²) in [6.07, 6.45) is 8.22. The highest BCUT2D eigenvalue weighted by atomic mass is 79.9. The van der Waals surface area contributed by atoms with Gasteiger partial charge in [-0.3, -0.25) is 0 Å². The zero-order valence-electron chi connectivity index (χ0n) is 9.72. The molecule has 2 unspecified atom stereocenters. The molecule has 14 heavy (non-hydrogen) atoms. The predicted molar refractivity (Wildman–Crippen MR) is 67.8 cm³/mol. The molecule has 0 amide bonds. The topological polar surface area (TPSA) is 0 Å². The lowest BCUT2D eigenvalue weighted by Crippen LogP contribution is -2.12. The van der Waals surface area contributed by atoms with Gasteiger partial charge in [-0.25, -0.2) is 0 Å². The van der Waals surface area contributed by atoms with Crippen molar-refractivity contribution in [3.63, 3.8) is 0 Å². The van der Waals surface area contributed by atoms with E-state index in [-0.39, 0.29) is 0 Å². The van der Waals surface area contributed by atoms with E-state index < -0.39 is 0 Å². The van der Waals surface area contributed by atoms with Gasteiger partial charge in [0.25, 0.3) is 0 Å². The minimum absolute atomic E-state index is 0.701. The van der Waals surface area contributed by atoms with Crippen LogP contribution in [0.4, 0.5) is 0 Å².